The molecule has 1 atom stereocenters. The second kappa shape index (κ2) is 4.14. The zero-order valence-electron chi connectivity index (χ0n) is 7.92. The Hall–Kier alpha value is 0.180. The lowest BCUT2D eigenvalue weighted by atomic mass is 10.2. The van der Waals surface area contributed by atoms with Crippen LogP contribution in [0.3, 0.4) is 0 Å². The van der Waals surface area contributed by atoms with Crippen molar-refractivity contribution >= 4 is 27.3 Å². The lowest BCUT2D eigenvalue weighted by Gasteiger charge is -2.04. The van der Waals surface area contributed by atoms with Crippen molar-refractivity contribution in [1.82, 2.24) is 0 Å². The van der Waals surface area contributed by atoms with Crippen LogP contribution >= 0.6 is 27.3 Å². The lowest BCUT2D eigenvalue weighted by Crippen LogP contribution is -1.86. The van der Waals surface area contributed by atoms with Gasteiger partial charge >= 0.3 is 0 Å². The van der Waals surface area contributed by atoms with Gasteiger partial charge in [-0.15, -0.1) is 11.3 Å². The summed E-state index contributed by atoms with van der Waals surface area (Å²) >= 11 is 5.74. The van der Waals surface area contributed by atoms with Crippen LogP contribution in [0.25, 0.3) is 0 Å². The Balaban J connectivity index is 1.96. The van der Waals surface area contributed by atoms with Gasteiger partial charge in [0.1, 0.15) is 0 Å². The highest BCUT2D eigenvalue weighted by Crippen LogP contribution is 2.42. The van der Waals surface area contributed by atoms with Crippen LogP contribution in [0.15, 0.2) is 12.1 Å². The van der Waals surface area contributed by atoms with Gasteiger partial charge in [0.05, 0.1) is 0 Å². The summed E-state index contributed by atoms with van der Waals surface area (Å²) in [6.45, 7) is 2.22. The molecule has 0 aliphatic heterocycles. The Labute approximate surface area is 92.5 Å². The highest BCUT2D eigenvalue weighted by Gasteiger charge is 2.25. The first-order chi connectivity index (χ1) is 6.29. The van der Waals surface area contributed by atoms with E-state index >= 15 is 0 Å². The average molecular weight is 259 g/mol. The zero-order valence-corrected chi connectivity index (χ0v) is 10.3. The molecule has 1 aromatic heterocycles. The van der Waals surface area contributed by atoms with Crippen LogP contribution in [0.4, 0.5) is 0 Å². The first kappa shape index (κ1) is 9.72. The Morgan fingerprint density at radius 2 is 2.31 bits per heavy atom. The van der Waals surface area contributed by atoms with Crippen molar-refractivity contribution in [2.24, 2.45) is 5.92 Å². The molecule has 0 saturated heterocycles. The highest BCUT2D eigenvalue weighted by molar-refractivity contribution is 9.09. The Kier molecular flexibility index (Phi) is 3.10. The minimum atomic E-state index is 0.616. The summed E-state index contributed by atoms with van der Waals surface area (Å²) in [4.78, 5) is 3.64. The largest absolute Gasteiger partial charge is 0.144 e. The van der Waals surface area contributed by atoms with E-state index in [1.54, 1.807) is 0 Å². The van der Waals surface area contributed by atoms with Crippen LogP contribution < -0.4 is 0 Å². The fourth-order valence-electron chi connectivity index (χ4n) is 1.52. The summed E-state index contributed by atoms with van der Waals surface area (Å²) < 4.78 is 0. The number of aryl methyl sites for hydroxylation is 1. The van der Waals surface area contributed by atoms with Crippen LogP contribution in [0.1, 0.15) is 40.8 Å². The SMILES string of the molecule is CCc1ccc(C(Br)CC2CC2)s1. The van der Waals surface area contributed by atoms with Gasteiger partial charge in [-0.05, 0) is 30.9 Å². The monoisotopic (exact) mass is 258 g/mol. The normalized spacial score (nSPS) is 18.9. The standard InChI is InChI=1S/C11H15BrS/c1-2-9-5-6-11(13-9)10(12)7-8-3-4-8/h5-6,8,10H,2-4,7H2,1H3. The quantitative estimate of drug-likeness (QED) is 0.696. The van der Waals surface area contributed by atoms with Gasteiger partial charge in [-0.3, -0.25) is 0 Å². The molecular weight excluding hydrogens is 244 g/mol. The summed E-state index contributed by atoms with van der Waals surface area (Å²) in [6, 6.07) is 4.55. The van der Waals surface area contributed by atoms with Crippen LogP contribution in [0, 0.1) is 5.92 Å². The van der Waals surface area contributed by atoms with E-state index in [1.165, 1.54) is 35.4 Å². The molecule has 13 heavy (non-hydrogen) atoms. The summed E-state index contributed by atoms with van der Waals surface area (Å²) in [6.07, 6.45) is 5.42. The first-order valence-electron chi connectivity index (χ1n) is 5.02. The summed E-state index contributed by atoms with van der Waals surface area (Å²) in [7, 11) is 0. The smallest absolute Gasteiger partial charge is 0.0491 e. The molecule has 1 aliphatic carbocycles. The molecule has 0 amide bonds. The molecule has 0 nitrogen and oxygen atoms in total. The third kappa shape index (κ3) is 2.57. The molecule has 2 rings (SSSR count). The van der Waals surface area contributed by atoms with Gasteiger partial charge in [0, 0.05) is 14.6 Å². The van der Waals surface area contributed by atoms with Gasteiger partial charge in [-0.25, -0.2) is 0 Å². The van der Waals surface area contributed by atoms with Gasteiger partial charge in [-0.1, -0.05) is 35.7 Å². The van der Waals surface area contributed by atoms with Crippen LogP contribution in [0.2, 0.25) is 0 Å². The molecule has 1 saturated carbocycles. The number of thiophene rings is 1. The molecule has 0 bridgehead atoms. The Morgan fingerprint density at radius 3 is 2.85 bits per heavy atom. The minimum absolute atomic E-state index is 0.616. The fraction of sp³-hybridized carbons (Fsp3) is 0.636. The maximum Gasteiger partial charge on any atom is 0.0491 e. The lowest BCUT2D eigenvalue weighted by molar-refractivity contribution is 0.728. The summed E-state index contributed by atoms with van der Waals surface area (Å²) in [5, 5.41) is 0. The third-order valence-electron chi connectivity index (χ3n) is 2.58. The number of rotatable bonds is 4. The molecular formula is C11H15BrS. The number of hydrogen-bond donors (Lipinski definition) is 0. The minimum Gasteiger partial charge on any atom is -0.144 e. The predicted molar refractivity (Wildman–Crippen MR) is 62.7 cm³/mol. The molecule has 1 fully saturated rings. The maximum absolute atomic E-state index is 3.78. The van der Waals surface area contributed by atoms with Crippen molar-refractivity contribution in [3.63, 3.8) is 0 Å². The molecule has 0 aromatic carbocycles. The highest BCUT2D eigenvalue weighted by atomic mass is 79.9. The molecule has 2 heteroatoms. The summed E-state index contributed by atoms with van der Waals surface area (Å²) in [5.74, 6) is 1.01. The first-order valence-corrected chi connectivity index (χ1v) is 6.75. The number of alkyl halides is 1. The Bertz CT molecular complexity index is 275. The van der Waals surface area contributed by atoms with E-state index in [0.29, 0.717) is 4.83 Å². The Morgan fingerprint density at radius 1 is 1.54 bits per heavy atom. The van der Waals surface area contributed by atoms with E-state index < -0.39 is 0 Å². The zero-order chi connectivity index (χ0) is 9.26. The molecule has 72 valence electrons. The maximum atomic E-state index is 3.78. The van der Waals surface area contributed by atoms with E-state index in [-0.39, 0.29) is 0 Å². The van der Waals surface area contributed by atoms with E-state index in [2.05, 4.69) is 35.0 Å². The van der Waals surface area contributed by atoms with Crippen molar-refractivity contribution in [2.45, 2.75) is 37.4 Å². The molecule has 1 aromatic rings. The molecule has 0 N–H and O–H groups in total. The molecule has 1 aliphatic rings. The molecule has 1 heterocycles. The van der Waals surface area contributed by atoms with E-state index in [0.717, 1.165) is 5.92 Å². The van der Waals surface area contributed by atoms with Crippen LogP contribution in [0.5, 0.6) is 0 Å². The number of halogens is 1. The van der Waals surface area contributed by atoms with Gasteiger partial charge in [0.2, 0.25) is 0 Å². The van der Waals surface area contributed by atoms with Gasteiger partial charge in [0.15, 0.2) is 0 Å². The van der Waals surface area contributed by atoms with E-state index in [4.69, 9.17) is 0 Å². The van der Waals surface area contributed by atoms with Gasteiger partial charge < -0.3 is 0 Å². The molecule has 0 spiro atoms. The fourth-order valence-corrected chi connectivity index (χ4v) is 3.42. The summed E-state index contributed by atoms with van der Waals surface area (Å²) in [5.41, 5.74) is 0. The van der Waals surface area contributed by atoms with Crippen molar-refractivity contribution < 1.29 is 0 Å². The van der Waals surface area contributed by atoms with Crippen molar-refractivity contribution in [3.05, 3.63) is 21.9 Å². The van der Waals surface area contributed by atoms with Gasteiger partial charge in [-0.2, -0.15) is 0 Å². The van der Waals surface area contributed by atoms with Crippen molar-refractivity contribution in [3.8, 4) is 0 Å². The third-order valence-corrected chi connectivity index (χ3v) is 5.09. The number of hydrogen-bond acceptors (Lipinski definition) is 1. The molecule has 1 unspecified atom stereocenters. The average Bonchev–Trinajstić information content (AvgIpc) is 2.82. The van der Waals surface area contributed by atoms with Gasteiger partial charge in [0.25, 0.3) is 0 Å². The van der Waals surface area contributed by atoms with E-state index in [1.807, 2.05) is 11.3 Å². The topological polar surface area (TPSA) is 0 Å². The predicted octanol–water partition coefficient (Wildman–Crippen LogP) is 4.55. The van der Waals surface area contributed by atoms with Crippen molar-refractivity contribution in [2.75, 3.05) is 0 Å². The molecule has 0 radical (unpaired) electrons. The second-order valence-electron chi connectivity index (χ2n) is 3.80. The second-order valence-corrected chi connectivity index (χ2v) is 6.11. The van der Waals surface area contributed by atoms with E-state index in [9.17, 15) is 0 Å². The van der Waals surface area contributed by atoms with Crippen LogP contribution in [-0.4, -0.2) is 0 Å². The van der Waals surface area contributed by atoms with Crippen LogP contribution in [-0.2, 0) is 6.42 Å². The van der Waals surface area contributed by atoms with Crippen molar-refractivity contribution in [1.29, 1.82) is 0 Å².